The van der Waals surface area contributed by atoms with E-state index in [1.54, 1.807) is 0 Å². The molecule has 0 aliphatic heterocycles. The minimum atomic E-state index is -0.867. The van der Waals surface area contributed by atoms with Crippen molar-refractivity contribution in [3.63, 3.8) is 0 Å². The molecule has 0 aromatic rings. The number of carbonyl (C=O) groups is 2. The van der Waals surface area contributed by atoms with Gasteiger partial charge in [0.05, 0.1) is 6.42 Å². The lowest BCUT2D eigenvalue weighted by molar-refractivity contribution is -0.136. The van der Waals surface area contributed by atoms with Crippen molar-refractivity contribution in [2.45, 2.75) is 26.2 Å². The molecule has 2 N–H and O–H groups in total. The van der Waals surface area contributed by atoms with E-state index >= 15 is 0 Å². The van der Waals surface area contributed by atoms with Crippen molar-refractivity contribution in [1.82, 2.24) is 5.32 Å². The van der Waals surface area contributed by atoms with Crippen LogP contribution in [0.15, 0.2) is 0 Å². The Kier molecular flexibility index (Phi) is 7.48. The van der Waals surface area contributed by atoms with E-state index < -0.39 is 5.97 Å². The molecule has 0 fully saturated rings. The van der Waals surface area contributed by atoms with Crippen LogP contribution in [-0.2, 0) is 4.79 Å². The van der Waals surface area contributed by atoms with Gasteiger partial charge in [-0.15, -0.1) is 0 Å². The molecule has 0 saturated heterocycles. The van der Waals surface area contributed by atoms with E-state index in [4.69, 9.17) is 5.11 Å². The highest BCUT2D eigenvalue weighted by atomic mass is 32.2. The highest BCUT2D eigenvalue weighted by molar-refractivity contribution is 8.13. The Balaban J connectivity index is 3.25. The van der Waals surface area contributed by atoms with E-state index in [0.717, 1.165) is 24.6 Å². The molecule has 0 unspecified atom stereocenters. The van der Waals surface area contributed by atoms with Gasteiger partial charge in [0, 0.05) is 12.3 Å². The SMILES string of the molecule is CCCCNC(=O)SCCC(=O)O. The van der Waals surface area contributed by atoms with Gasteiger partial charge >= 0.3 is 5.97 Å². The van der Waals surface area contributed by atoms with Gasteiger partial charge in [-0.1, -0.05) is 25.1 Å². The summed E-state index contributed by atoms with van der Waals surface area (Å²) in [4.78, 5) is 21.1. The Hall–Kier alpha value is -0.710. The minimum absolute atomic E-state index is 0.0336. The van der Waals surface area contributed by atoms with Crippen molar-refractivity contribution < 1.29 is 14.7 Å². The van der Waals surface area contributed by atoms with Gasteiger partial charge in [-0.3, -0.25) is 9.59 Å². The van der Waals surface area contributed by atoms with Crippen molar-refractivity contribution in [1.29, 1.82) is 0 Å². The molecule has 0 rings (SSSR count). The predicted molar refractivity (Wildman–Crippen MR) is 53.0 cm³/mol. The molecule has 0 aliphatic carbocycles. The fourth-order valence-electron chi connectivity index (χ4n) is 0.649. The third-order valence-electron chi connectivity index (χ3n) is 1.35. The summed E-state index contributed by atoms with van der Waals surface area (Å²) in [7, 11) is 0. The van der Waals surface area contributed by atoms with Crippen molar-refractivity contribution in [2.24, 2.45) is 0 Å². The summed E-state index contributed by atoms with van der Waals surface area (Å²) in [6.45, 7) is 2.72. The molecule has 0 atom stereocenters. The van der Waals surface area contributed by atoms with Crippen molar-refractivity contribution in [3.8, 4) is 0 Å². The smallest absolute Gasteiger partial charge is 0.304 e. The van der Waals surface area contributed by atoms with E-state index in [2.05, 4.69) is 5.32 Å². The number of rotatable bonds is 6. The number of nitrogens with one attached hydrogen (secondary N) is 1. The number of hydrogen-bond acceptors (Lipinski definition) is 3. The molecule has 0 radical (unpaired) electrons. The largest absolute Gasteiger partial charge is 0.481 e. The summed E-state index contributed by atoms with van der Waals surface area (Å²) < 4.78 is 0. The molecule has 4 nitrogen and oxygen atoms in total. The zero-order valence-electron chi connectivity index (χ0n) is 7.71. The maximum Gasteiger partial charge on any atom is 0.304 e. The Labute approximate surface area is 82.1 Å². The number of thioether (sulfide) groups is 1. The normalized spacial score (nSPS) is 9.62. The van der Waals surface area contributed by atoms with Crippen LogP contribution < -0.4 is 5.32 Å². The fourth-order valence-corrected chi connectivity index (χ4v) is 1.32. The number of aliphatic carboxylic acids is 1. The van der Waals surface area contributed by atoms with Crippen molar-refractivity contribution in [3.05, 3.63) is 0 Å². The van der Waals surface area contributed by atoms with Crippen LogP contribution >= 0.6 is 11.8 Å². The average Bonchev–Trinajstić information content (AvgIpc) is 2.04. The highest BCUT2D eigenvalue weighted by Gasteiger charge is 2.02. The van der Waals surface area contributed by atoms with E-state index in [1.165, 1.54) is 0 Å². The van der Waals surface area contributed by atoms with Gasteiger partial charge in [0.15, 0.2) is 0 Å². The van der Waals surface area contributed by atoms with Crippen LogP contribution in [0.25, 0.3) is 0 Å². The van der Waals surface area contributed by atoms with Crippen molar-refractivity contribution in [2.75, 3.05) is 12.3 Å². The number of carbonyl (C=O) groups excluding carboxylic acids is 1. The monoisotopic (exact) mass is 205 g/mol. The Morgan fingerprint density at radius 3 is 2.69 bits per heavy atom. The molecule has 0 aliphatic rings. The first kappa shape index (κ1) is 12.3. The summed E-state index contributed by atoms with van der Waals surface area (Å²) in [6.07, 6.45) is 2.04. The number of unbranched alkanes of at least 4 members (excludes halogenated alkanes) is 1. The molecule has 13 heavy (non-hydrogen) atoms. The van der Waals surface area contributed by atoms with E-state index in [9.17, 15) is 9.59 Å². The number of carboxylic acids is 1. The van der Waals surface area contributed by atoms with Gasteiger partial charge in [0.25, 0.3) is 5.24 Å². The third kappa shape index (κ3) is 9.20. The predicted octanol–water partition coefficient (Wildman–Crippen LogP) is 1.70. The van der Waals surface area contributed by atoms with Crippen LogP contribution in [0.4, 0.5) is 4.79 Å². The standard InChI is InChI=1S/C8H15NO3S/c1-2-3-5-9-8(12)13-6-4-7(10)11/h2-6H2,1H3,(H,9,12)(H,10,11). The van der Waals surface area contributed by atoms with Crippen LogP contribution in [0.3, 0.4) is 0 Å². The van der Waals surface area contributed by atoms with Crippen LogP contribution in [0.2, 0.25) is 0 Å². The Morgan fingerprint density at radius 1 is 1.46 bits per heavy atom. The first-order valence-corrected chi connectivity index (χ1v) is 5.27. The lowest BCUT2D eigenvalue weighted by atomic mass is 10.3. The molecule has 5 heteroatoms. The second-order valence-corrected chi connectivity index (χ2v) is 3.63. The topological polar surface area (TPSA) is 66.4 Å². The maximum absolute atomic E-state index is 11.0. The fraction of sp³-hybridized carbons (Fsp3) is 0.750. The van der Waals surface area contributed by atoms with Gasteiger partial charge in [-0.25, -0.2) is 0 Å². The molecule has 0 saturated carbocycles. The zero-order valence-corrected chi connectivity index (χ0v) is 8.52. The summed E-state index contributed by atoms with van der Waals surface area (Å²) in [5.74, 6) is -0.526. The molecule has 1 amide bonds. The molecule has 0 spiro atoms. The minimum Gasteiger partial charge on any atom is -0.481 e. The lowest BCUT2D eigenvalue weighted by Gasteiger charge is -2.01. The molecule has 76 valence electrons. The molecule has 0 aromatic carbocycles. The summed E-state index contributed by atoms with van der Waals surface area (Å²) in [5.41, 5.74) is 0. The van der Waals surface area contributed by atoms with Crippen molar-refractivity contribution >= 4 is 23.0 Å². The van der Waals surface area contributed by atoms with Gasteiger partial charge in [-0.05, 0) is 6.42 Å². The second-order valence-electron chi connectivity index (χ2n) is 2.56. The first-order valence-electron chi connectivity index (χ1n) is 4.29. The van der Waals surface area contributed by atoms with Crippen LogP contribution in [0.1, 0.15) is 26.2 Å². The Bertz CT molecular complexity index is 173. The number of hydrogen-bond donors (Lipinski definition) is 2. The average molecular weight is 205 g/mol. The first-order chi connectivity index (χ1) is 6.16. The lowest BCUT2D eigenvalue weighted by Crippen LogP contribution is -2.20. The van der Waals surface area contributed by atoms with Gasteiger partial charge in [0.1, 0.15) is 0 Å². The third-order valence-corrected chi connectivity index (χ3v) is 2.16. The maximum atomic E-state index is 11.0. The second kappa shape index (κ2) is 7.91. The van der Waals surface area contributed by atoms with Gasteiger partial charge < -0.3 is 10.4 Å². The van der Waals surface area contributed by atoms with Crippen LogP contribution in [0, 0.1) is 0 Å². The molecular weight excluding hydrogens is 190 g/mol. The van der Waals surface area contributed by atoms with Crippen LogP contribution in [0.5, 0.6) is 0 Å². The number of carboxylic acid groups (broad SMARTS) is 1. The molecular formula is C8H15NO3S. The summed E-state index contributed by atoms with van der Waals surface area (Å²) in [6, 6.07) is 0. The van der Waals surface area contributed by atoms with E-state index in [0.29, 0.717) is 12.3 Å². The quantitative estimate of drug-likeness (QED) is 0.648. The molecule has 0 bridgehead atoms. The summed E-state index contributed by atoms with van der Waals surface area (Å²) in [5, 5.41) is 10.9. The Morgan fingerprint density at radius 2 is 2.15 bits per heavy atom. The summed E-state index contributed by atoms with van der Waals surface area (Å²) >= 11 is 1.02. The van der Waals surface area contributed by atoms with Gasteiger partial charge in [0.2, 0.25) is 0 Å². The number of amides is 1. The highest BCUT2D eigenvalue weighted by Crippen LogP contribution is 2.03. The van der Waals surface area contributed by atoms with Crippen LogP contribution in [-0.4, -0.2) is 28.6 Å². The zero-order chi connectivity index (χ0) is 10.1. The molecule has 0 heterocycles. The van der Waals surface area contributed by atoms with E-state index in [1.807, 2.05) is 6.92 Å². The molecule has 0 aromatic heterocycles. The van der Waals surface area contributed by atoms with E-state index in [-0.39, 0.29) is 11.7 Å². The van der Waals surface area contributed by atoms with Gasteiger partial charge in [-0.2, -0.15) is 0 Å².